The molecule has 2 heterocycles. The van der Waals surface area contributed by atoms with Crippen molar-refractivity contribution in [1.82, 2.24) is 15.5 Å². The first-order valence-electron chi connectivity index (χ1n) is 9.04. The van der Waals surface area contributed by atoms with E-state index in [2.05, 4.69) is 17.6 Å². The number of rotatable bonds is 5. The summed E-state index contributed by atoms with van der Waals surface area (Å²) in [6, 6.07) is 10.2. The zero-order valence-electron chi connectivity index (χ0n) is 14.3. The Hall–Kier alpha value is -1.88. The molecule has 0 aliphatic carbocycles. The van der Waals surface area contributed by atoms with E-state index in [9.17, 15) is 9.59 Å². The number of hydrogen-bond donors (Lipinski definition) is 2. The van der Waals surface area contributed by atoms with Crippen molar-refractivity contribution in [2.24, 2.45) is 5.92 Å². The van der Waals surface area contributed by atoms with Gasteiger partial charge in [-0.3, -0.25) is 9.59 Å². The highest BCUT2D eigenvalue weighted by molar-refractivity contribution is 5.84. The highest BCUT2D eigenvalue weighted by Gasteiger charge is 2.31. The fourth-order valence-corrected chi connectivity index (χ4v) is 3.50. The predicted octanol–water partition coefficient (Wildman–Crippen LogP) is 1.51. The number of carbonyl (C=O) groups is 2. The molecule has 2 fully saturated rings. The van der Waals surface area contributed by atoms with Gasteiger partial charge >= 0.3 is 0 Å². The average molecular weight is 329 g/mol. The smallest absolute Gasteiger partial charge is 0.230 e. The molecule has 24 heavy (non-hydrogen) atoms. The van der Waals surface area contributed by atoms with Crippen LogP contribution in [0.5, 0.6) is 0 Å². The van der Waals surface area contributed by atoms with E-state index < -0.39 is 0 Å². The molecular weight excluding hydrogens is 302 g/mol. The Bertz CT molecular complexity index is 563. The Kier molecular flexibility index (Phi) is 5.51. The van der Waals surface area contributed by atoms with Crippen LogP contribution in [0.25, 0.3) is 0 Å². The first-order chi connectivity index (χ1) is 11.7. The topological polar surface area (TPSA) is 61.4 Å². The van der Waals surface area contributed by atoms with Crippen molar-refractivity contribution >= 4 is 11.8 Å². The Labute approximate surface area is 143 Å². The molecule has 2 aliphatic heterocycles. The van der Waals surface area contributed by atoms with E-state index in [1.165, 1.54) is 0 Å². The van der Waals surface area contributed by atoms with Gasteiger partial charge in [-0.25, -0.2) is 0 Å². The Morgan fingerprint density at radius 1 is 1.21 bits per heavy atom. The largest absolute Gasteiger partial charge is 0.353 e. The number of carbonyl (C=O) groups excluding carboxylic acids is 2. The summed E-state index contributed by atoms with van der Waals surface area (Å²) in [7, 11) is 0. The van der Waals surface area contributed by atoms with Gasteiger partial charge in [-0.2, -0.15) is 0 Å². The van der Waals surface area contributed by atoms with E-state index in [0.29, 0.717) is 0 Å². The van der Waals surface area contributed by atoms with Crippen LogP contribution in [0.4, 0.5) is 0 Å². The molecule has 130 valence electrons. The molecule has 0 aromatic heterocycles. The molecule has 2 amide bonds. The molecule has 0 bridgehead atoms. The zero-order valence-corrected chi connectivity index (χ0v) is 14.3. The van der Waals surface area contributed by atoms with Crippen LogP contribution in [-0.2, 0) is 9.59 Å². The molecule has 2 N–H and O–H groups in total. The van der Waals surface area contributed by atoms with Gasteiger partial charge in [0.2, 0.25) is 11.8 Å². The van der Waals surface area contributed by atoms with Crippen molar-refractivity contribution < 1.29 is 9.59 Å². The molecule has 1 aromatic rings. The maximum Gasteiger partial charge on any atom is 0.230 e. The lowest BCUT2D eigenvalue weighted by Crippen LogP contribution is -2.54. The first-order valence-corrected chi connectivity index (χ1v) is 9.04. The van der Waals surface area contributed by atoms with E-state index in [4.69, 9.17) is 0 Å². The lowest BCUT2D eigenvalue weighted by atomic mass is 9.93. The van der Waals surface area contributed by atoms with Gasteiger partial charge in [0.15, 0.2) is 0 Å². The minimum absolute atomic E-state index is 0.0570. The highest BCUT2D eigenvalue weighted by Crippen LogP contribution is 2.24. The van der Waals surface area contributed by atoms with Crippen molar-refractivity contribution in [3.63, 3.8) is 0 Å². The summed E-state index contributed by atoms with van der Waals surface area (Å²) < 4.78 is 0. The standard InChI is InChI=1S/C19H27N3O2/c1-2-17(14-6-4-3-5-7-14)19(24)22-10-8-16(9-11-22)21-18(23)15-12-20-13-15/h3-7,15-17,20H,2,8-13H2,1H3,(H,21,23). The maximum absolute atomic E-state index is 12.9. The van der Waals surface area contributed by atoms with Crippen LogP contribution in [0.2, 0.25) is 0 Å². The van der Waals surface area contributed by atoms with Crippen LogP contribution in [0.3, 0.4) is 0 Å². The van der Waals surface area contributed by atoms with Crippen LogP contribution in [0.15, 0.2) is 30.3 Å². The molecule has 2 aliphatic rings. The third kappa shape index (κ3) is 3.78. The van der Waals surface area contributed by atoms with Gasteiger partial charge in [0, 0.05) is 32.2 Å². The maximum atomic E-state index is 12.9. The molecule has 5 heteroatoms. The molecule has 1 aromatic carbocycles. The van der Waals surface area contributed by atoms with Gasteiger partial charge in [-0.05, 0) is 24.8 Å². The summed E-state index contributed by atoms with van der Waals surface area (Å²) in [6.07, 6.45) is 2.51. The number of piperidine rings is 1. The molecule has 0 spiro atoms. The molecule has 0 radical (unpaired) electrons. The number of hydrogen-bond acceptors (Lipinski definition) is 3. The summed E-state index contributed by atoms with van der Waals surface area (Å²) in [5.74, 6) is 0.455. The van der Waals surface area contributed by atoms with Gasteiger partial charge in [0.05, 0.1) is 11.8 Å². The summed E-state index contributed by atoms with van der Waals surface area (Å²) in [4.78, 5) is 26.8. The summed E-state index contributed by atoms with van der Waals surface area (Å²) >= 11 is 0. The van der Waals surface area contributed by atoms with Crippen molar-refractivity contribution in [2.45, 2.75) is 38.1 Å². The zero-order chi connectivity index (χ0) is 16.9. The third-order valence-electron chi connectivity index (χ3n) is 5.21. The van der Waals surface area contributed by atoms with Gasteiger partial charge in [-0.1, -0.05) is 37.3 Å². The van der Waals surface area contributed by atoms with Crippen LogP contribution in [0.1, 0.15) is 37.7 Å². The van der Waals surface area contributed by atoms with Crippen molar-refractivity contribution in [1.29, 1.82) is 0 Å². The first kappa shape index (κ1) is 17.0. The quantitative estimate of drug-likeness (QED) is 0.861. The number of nitrogens with zero attached hydrogens (tertiary/aromatic N) is 1. The summed E-state index contributed by atoms with van der Waals surface area (Å²) in [5, 5.41) is 6.26. The Balaban J connectivity index is 1.51. The second-order valence-electron chi connectivity index (χ2n) is 6.83. The molecule has 3 rings (SSSR count). The monoisotopic (exact) mass is 329 g/mol. The van der Waals surface area contributed by atoms with E-state index in [-0.39, 0.29) is 29.7 Å². The number of benzene rings is 1. The minimum Gasteiger partial charge on any atom is -0.353 e. The van der Waals surface area contributed by atoms with E-state index in [1.807, 2.05) is 35.2 Å². The lowest BCUT2D eigenvalue weighted by Gasteiger charge is -2.36. The number of amides is 2. The Morgan fingerprint density at radius 3 is 2.42 bits per heavy atom. The van der Waals surface area contributed by atoms with E-state index >= 15 is 0 Å². The van der Waals surface area contributed by atoms with Crippen molar-refractivity contribution in [3.8, 4) is 0 Å². The van der Waals surface area contributed by atoms with E-state index in [1.54, 1.807) is 0 Å². The molecule has 1 atom stereocenters. The fraction of sp³-hybridized carbons (Fsp3) is 0.579. The van der Waals surface area contributed by atoms with Gasteiger partial charge in [0.1, 0.15) is 0 Å². The minimum atomic E-state index is -0.0570. The van der Waals surface area contributed by atoms with Crippen molar-refractivity contribution in [3.05, 3.63) is 35.9 Å². The van der Waals surface area contributed by atoms with Gasteiger partial charge in [-0.15, -0.1) is 0 Å². The number of nitrogens with one attached hydrogen (secondary N) is 2. The van der Waals surface area contributed by atoms with Crippen LogP contribution < -0.4 is 10.6 Å². The normalized spacial score (nSPS) is 20.3. The highest BCUT2D eigenvalue weighted by atomic mass is 16.2. The van der Waals surface area contributed by atoms with Crippen LogP contribution >= 0.6 is 0 Å². The molecule has 1 unspecified atom stereocenters. The molecule has 2 saturated heterocycles. The SMILES string of the molecule is CCC(C(=O)N1CCC(NC(=O)C2CNC2)CC1)c1ccccc1. The van der Waals surface area contributed by atoms with Gasteiger partial charge in [0.25, 0.3) is 0 Å². The van der Waals surface area contributed by atoms with Gasteiger partial charge < -0.3 is 15.5 Å². The average Bonchev–Trinajstić information content (AvgIpc) is 2.55. The third-order valence-corrected chi connectivity index (χ3v) is 5.21. The molecule has 0 saturated carbocycles. The Morgan fingerprint density at radius 2 is 1.88 bits per heavy atom. The van der Waals surface area contributed by atoms with Crippen LogP contribution in [0, 0.1) is 5.92 Å². The molecular formula is C19H27N3O2. The van der Waals surface area contributed by atoms with Crippen LogP contribution in [-0.4, -0.2) is 48.9 Å². The second kappa shape index (κ2) is 7.79. The summed E-state index contributed by atoms with van der Waals surface area (Å²) in [6.45, 7) is 5.11. The lowest BCUT2D eigenvalue weighted by molar-refractivity contribution is -0.134. The van der Waals surface area contributed by atoms with E-state index in [0.717, 1.165) is 51.0 Å². The second-order valence-corrected chi connectivity index (χ2v) is 6.83. The van der Waals surface area contributed by atoms with Crippen molar-refractivity contribution in [2.75, 3.05) is 26.2 Å². The predicted molar refractivity (Wildman–Crippen MR) is 93.6 cm³/mol. The molecule has 5 nitrogen and oxygen atoms in total. The number of likely N-dealkylation sites (tertiary alicyclic amines) is 1. The summed E-state index contributed by atoms with van der Waals surface area (Å²) in [5.41, 5.74) is 1.10. The fourth-order valence-electron chi connectivity index (χ4n) is 3.50.